The number of sulfonamides is 1. The molecule has 1 heterocycles. The second-order valence-electron chi connectivity index (χ2n) is 4.32. The molecule has 102 valence electrons. The molecule has 1 aromatic heterocycles. The Morgan fingerprint density at radius 3 is 2.47 bits per heavy atom. The molecule has 0 atom stereocenters. The van der Waals surface area contributed by atoms with E-state index in [1.54, 1.807) is 17.5 Å². The molecule has 0 radical (unpaired) electrons. The van der Waals surface area contributed by atoms with Crippen molar-refractivity contribution in [1.82, 2.24) is 0 Å². The van der Waals surface area contributed by atoms with Crippen molar-refractivity contribution in [3.8, 4) is 0 Å². The van der Waals surface area contributed by atoms with Gasteiger partial charge in [0, 0.05) is 6.54 Å². The maximum atomic E-state index is 12.6. The van der Waals surface area contributed by atoms with Gasteiger partial charge in [-0.25, -0.2) is 8.42 Å². The van der Waals surface area contributed by atoms with Crippen molar-refractivity contribution < 1.29 is 8.42 Å². The van der Waals surface area contributed by atoms with E-state index in [0.717, 1.165) is 16.8 Å². The fourth-order valence-electron chi connectivity index (χ4n) is 1.99. The first-order valence-electron chi connectivity index (χ1n) is 6.11. The van der Waals surface area contributed by atoms with E-state index in [1.807, 2.05) is 39.0 Å². The first-order chi connectivity index (χ1) is 8.98. The predicted molar refractivity (Wildman–Crippen MR) is 80.4 cm³/mol. The van der Waals surface area contributed by atoms with E-state index in [-0.39, 0.29) is 0 Å². The summed E-state index contributed by atoms with van der Waals surface area (Å²) in [5, 5.41) is 1.78. The van der Waals surface area contributed by atoms with Crippen LogP contribution in [0.5, 0.6) is 0 Å². The van der Waals surface area contributed by atoms with Crippen LogP contribution in [0.15, 0.2) is 39.9 Å². The van der Waals surface area contributed by atoms with Crippen LogP contribution < -0.4 is 4.31 Å². The van der Waals surface area contributed by atoms with Crippen molar-refractivity contribution in [2.75, 3.05) is 10.8 Å². The molecule has 0 amide bonds. The van der Waals surface area contributed by atoms with Crippen molar-refractivity contribution in [2.45, 2.75) is 25.0 Å². The molecule has 0 aliphatic heterocycles. The number of aryl methyl sites for hydroxylation is 1. The van der Waals surface area contributed by atoms with Crippen molar-refractivity contribution in [3.05, 3.63) is 46.8 Å². The normalized spacial score (nSPS) is 11.5. The average Bonchev–Trinajstić information content (AvgIpc) is 2.89. The summed E-state index contributed by atoms with van der Waals surface area (Å²) in [5.74, 6) is 0. The molecule has 0 aliphatic rings. The molecule has 0 unspecified atom stereocenters. The van der Waals surface area contributed by atoms with Crippen LogP contribution in [0.1, 0.15) is 18.1 Å². The van der Waals surface area contributed by atoms with Gasteiger partial charge in [-0.2, -0.15) is 0 Å². The van der Waals surface area contributed by atoms with E-state index in [4.69, 9.17) is 0 Å². The highest BCUT2D eigenvalue weighted by atomic mass is 32.2. The molecular weight excluding hydrogens is 278 g/mol. The molecule has 0 saturated heterocycles. The lowest BCUT2D eigenvalue weighted by atomic mass is 10.1. The first kappa shape index (κ1) is 14.1. The van der Waals surface area contributed by atoms with Crippen molar-refractivity contribution in [3.63, 3.8) is 0 Å². The minimum absolute atomic E-state index is 0.384. The van der Waals surface area contributed by atoms with Gasteiger partial charge in [0.2, 0.25) is 0 Å². The molecule has 1 aromatic carbocycles. The fraction of sp³-hybridized carbons (Fsp3) is 0.286. The van der Waals surface area contributed by atoms with Gasteiger partial charge in [-0.05, 0) is 49.4 Å². The second kappa shape index (κ2) is 5.35. The Labute approximate surface area is 118 Å². The molecule has 0 aliphatic carbocycles. The van der Waals surface area contributed by atoms with Gasteiger partial charge in [0.25, 0.3) is 10.0 Å². The zero-order chi connectivity index (χ0) is 14.0. The molecule has 2 aromatic rings. The topological polar surface area (TPSA) is 37.4 Å². The number of rotatable bonds is 4. The van der Waals surface area contributed by atoms with Crippen LogP contribution in [0, 0.1) is 13.8 Å². The third-order valence-electron chi connectivity index (χ3n) is 3.17. The summed E-state index contributed by atoms with van der Waals surface area (Å²) in [6, 6.07) is 9.15. The average molecular weight is 295 g/mol. The summed E-state index contributed by atoms with van der Waals surface area (Å²) in [7, 11) is -3.45. The van der Waals surface area contributed by atoms with Crippen LogP contribution in [-0.4, -0.2) is 15.0 Å². The fourth-order valence-corrected chi connectivity index (χ4v) is 4.63. The molecule has 3 nitrogen and oxygen atoms in total. The number of nitrogens with zero attached hydrogens (tertiary/aromatic N) is 1. The highest BCUT2D eigenvalue weighted by Gasteiger charge is 2.25. The zero-order valence-electron chi connectivity index (χ0n) is 11.3. The second-order valence-corrected chi connectivity index (χ2v) is 7.36. The number of hydrogen-bond acceptors (Lipinski definition) is 3. The molecule has 0 saturated carbocycles. The number of hydrogen-bond donors (Lipinski definition) is 0. The van der Waals surface area contributed by atoms with Gasteiger partial charge >= 0.3 is 0 Å². The molecule has 2 rings (SSSR count). The lowest BCUT2D eigenvalue weighted by molar-refractivity contribution is 0.594. The molecular formula is C14H17NO2S2. The number of benzene rings is 1. The Bertz CT molecular complexity index is 661. The van der Waals surface area contributed by atoms with E-state index in [9.17, 15) is 8.42 Å². The van der Waals surface area contributed by atoms with Gasteiger partial charge in [-0.3, -0.25) is 4.31 Å². The predicted octanol–water partition coefficient (Wildman–Crippen LogP) is 3.58. The lowest BCUT2D eigenvalue weighted by Gasteiger charge is -2.24. The molecule has 19 heavy (non-hydrogen) atoms. The van der Waals surface area contributed by atoms with Crippen LogP contribution in [0.3, 0.4) is 0 Å². The summed E-state index contributed by atoms with van der Waals surface area (Å²) < 4.78 is 27.1. The number of thiophene rings is 1. The van der Waals surface area contributed by atoms with Gasteiger partial charge in [0.15, 0.2) is 0 Å². The Hall–Kier alpha value is -1.33. The quantitative estimate of drug-likeness (QED) is 0.864. The highest BCUT2D eigenvalue weighted by molar-refractivity contribution is 7.94. The number of anilines is 1. The maximum Gasteiger partial charge on any atom is 0.273 e. The summed E-state index contributed by atoms with van der Waals surface area (Å²) in [5.41, 5.74) is 2.86. The van der Waals surface area contributed by atoms with Gasteiger partial charge in [0.1, 0.15) is 4.21 Å². The van der Waals surface area contributed by atoms with Crippen molar-refractivity contribution in [2.24, 2.45) is 0 Å². The minimum atomic E-state index is -3.45. The first-order valence-corrected chi connectivity index (χ1v) is 8.43. The summed E-state index contributed by atoms with van der Waals surface area (Å²) in [4.78, 5) is 0. The van der Waals surface area contributed by atoms with Gasteiger partial charge in [-0.1, -0.05) is 18.2 Å². The lowest BCUT2D eigenvalue weighted by Crippen LogP contribution is -2.30. The molecule has 0 N–H and O–H groups in total. The van der Waals surface area contributed by atoms with E-state index >= 15 is 0 Å². The van der Waals surface area contributed by atoms with Crippen LogP contribution in [-0.2, 0) is 10.0 Å². The largest absolute Gasteiger partial charge is 0.273 e. The third kappa shape index (κ3) is 2.53. The molecule has 0 spiro atoms. The van der Waals surface area contributed by atoms with Gasteiger partial charge < -0.3 is 0 Å². The van der Waals surface area contributed by atoms with E-state index in [1.165, 1.54) is 15.6 Å². The van der Waals surface area contributed by atoms with E-state index in [2.05, 4.69) is 0 Å². The van der Waals surface area contributed by atoms with Crippen LogP contribution in [0.4, 0.5) is 5.69 Å². The molecule has 0 bridgehead atoms. The van der Waals surface area contributed by atoms with E-state index in [0.29, 0.717) is 10.8 Å². The van der Waals surface area contributed by atoms with E-state index < -0.39 is 10.0 Å². The Morgan fingerprint density at radius 1 is 1.16 bits per heavy atom. The standard InChI is InChI=1S/C14H17NO2S2/c1-4-15(13-8-5-7-11(2)12(13)3)19(16,17)14-9-6-10-18-14/h5-10H,4H2,1-3H3. The summed E-state index contributed by atoms with van der Waals surface area (Å²) in [6.45, 7) is 6.22. The third-order valence-corrected chi connectivity index (χ3v) is 6.43. The summed E-state index contributed by atoms with van der Waals surface area (Å²) in [6.07, 6.45) is 0. The van der Waals surface area contributed by atoms with Crippen LogP contribution in [0.2, 0.25) is 0 Å². The van der Waals surface area contributed by atoms with Crippen LogP contribution >= 0.6 is 11.3 Å². The monoisotopic (exact) mass is 295 g/mol. The highest BCUT2D eigenvalue weighted by Crippen LogP contribution is 2.29. The maximum absolute atomic E-state index is 12.6. The molecule has 0 fully saturated rings. The Morgan fingerprint density at radius 2 is 1.89 bits per heavy atom. The minimum Gasteiger partial charge on any atom is -0.266 e. The SMILES string of the molecule is CCN(c1cccc(C)c1C)S(=O)(=O)c1cccs1. The zero-order valence-corrected chi connectivity index (χ0v) is 12.9. The Balaban J connectivity index is 2.55. The van der Waals surface area contributed by atoms with Gasteiger partial charge in [0.05, 0.1) is 5.69 Å². The summed E-state index contributed by atoms with van der Waals surface area (Å²) >= 11 is 1.25. The van der Waals surface area contributed by atoms with Crippen molar-refractivity contribution in [1.29, 1.82) is 0 Å². The van der Waals surface area contributed by atoms with Gasteiger partial charge in [-0.15, -0.1) is 11.3 Å². The van der Waals surface area contributed by atoms with Crippen molar-refractivity contribution >= 4 is 27.0 Å². The van der Waals surface area contributed by atoms with Crippen LogP contribution in [0.25, 0.3) is 0 Å². The molecule has 5 heteroatoms. The smallest absolute Gasteiger partial charge is 0.266 e. The Kier molecular flexibility index (Phi) is 3.96.